The zero-order chi connectivity index (χ0) is 15.2. The van der Waals surface area contributed by atoms with Gasteiger partial charge in [0.05, 0.1) is 6.54 Å². The minimum atomic E-state index is 0. The summed E-state index contributed by atoms with van der Waals surface area (Å²) in [4.78, 5) is 19.0. The molecular formula is C17H28Cl2N4O. The molecule has 2 fully saturated rings. The minimum Gasteiger partial charge on any atom is -0.339 e. The molecule has 0 unspecified atom stereocenters. The van der Waals surface area contributed by atoms with Crippen LogP contribution in [0.5, 0.6) is 0 Å². The van der Waals surface area contributed by atoms with E-state index in [4.69, 9.17) is 0 Å². The maximum atomic E-state index is 12.3. The van der Waals surface area contributed by atoms with Gasteiger partial charge in [0.15, 0.2) is 0 Å². The number of hydrogen-bond acceptors (Lipinski definition) is 4. The standard InChI is InChI=1S/C17H26N4O.2ClH/c22-17(21-8-6-18-7-9-21)15-20-12-10-19(11-13-20)14-16-4-2-1-3-5-16;;/h1-5,18H,6-15H2;2*1H. The van der Waals surface area contributed by atoms with E-state index in [1.807, 2.05) is 4.90 Å². The van der Waals surface area contributed by atoms with Crippen molar-refractivity contribution in [2.24, 2.45) is 0 Å². The molecule has 1 aromatic carbocycles. The lowest BCUT2D eigenvalue weighted by Crippen LogP contribution is -2.52. The average molecular weight is 375 g/mol. The number of benzene rings is 1. The number of carbonyl (C=O) groups is 1. The minimum absolute atomic E-state index is 0. The maximum absolute atomic E-state index is 12.3. The van der Waals surface area contributed by atoms with E-state index < -0.39 is 0 Å². The first kappa shape index (κ1) is 21.2. The van der Waals surface area contributed by atoms with Crippen LogP contribution in [0, 0.1) is 0 Å². The second kappa shape index (κ2) is 10.9. The number of carbonyl (C=O) groups excluding carboxylic acids is 1. The van der Waals surface area contributed by atoms with E-state index in [1.54, 1.807) is 0 Å². The molecule has 0 aromatic heterocycles. The Balaban J connectivity index is 0.00000144. The van der Waals surface area contributed by atoms with Crippen molar-refractivity contribution in [1.82, 2.24) is 20.0 Å². The third kappa shape index (κ3) is 6.22. The van der Waals surface area contributed by atoms with Gasteiger partial charge in [-0.3, -0.25) is 14.6 Å². The fraction of sp³-hybridized carbons (Fsp3) is 0.588. The Morgan fingerprint density at radius 1 is 0.875 bits per heavy atom. The van der Waals surface area contributed by atoms with Gasteiger partial charge >= 0.3 is 0 Å². The van der Waals surface area contributed by atoms with Crippen LogP contribution in [-0.4, -0.2) is 79.5 Å². The Labute approximate surface area is 157 Å². The zero-order valence-corrected chi connectivity index (χ0v) is 15.7. The van der Waals surface area contributed by atoms with Crippen LogP contribution in [0.1, 0.15) is 5.56 Å². The van der Waals surface area contributed by atoms with E-state index in [0.717, 1.165) is 58.9 Å². The van der Waals surface area contributed by atoms with Crippen molar-refractivity contribution in [2.75, 3.05) is 58.9 Å². The zero-order valence-electron chi connectivity index (χ0n) is 14.0. The monoisotopic (exact) mass is 374 g/mol. The maximum Gasteiger partial charge on any atom is 0.236 e. The topological polar surface area (TPSA) is 38.8 Å². The SMILES string of the molecule is Cl.Cl.O=C(CN1CCN(Cc2ccccc2)CC1)N1CCNCC1. The van der Waals surface area contributed by atoms with Gasteiger partial charge in [0.25, 0.3) is 0 Å². The molecule has 3 rings (SSSR count). The van der Waals surface area contributed by atoms with Crippen molar-refractivity contribution < 1.29 is 4.79 Å². The summed E-state index contributed by atoms with van der Waals surface area (Å²) in [7, 11) is 0. The molecule has 1 aromatic rings. The van der Waals surface area contributed by atoms with Crippen LogP contribution in [0.2, 0.25) is 0 Å². The van der Waals surface area contributed by atoms with Crippen molar-refractivity contribution in [2.45, 2.75) is 6.54 Å². The van der Waals surface area contributed by atoms with Crippen LogP contribution < -0.4 is 5.32 Å². The normalized spacial score (nSPS) is 19.2. The molecule has 2 saturated heterocycles. The molecule has 1 amide bonds. The number of hydrogen-bond donors (Lipinski definition) is 1. The van der Waals surface area contributed by atoms with Crippen molar-refractivity contribution in [1.29, 1.82) is 0 Å². The summed E-state index contributed by atoms with van der Waals surface area (Å²) in [6, 6.07) is 10.6. The predicted octanol–water partition coefficient (Wildman–Crippen LogP) is 1.08. The number of nitrogens with zero attached hydrogens (tertiary/aromatic N) is 3. The van der Waals surface area contributed by atoms with Crippen molar-refractivity contribution >= 4 is 30.7 Å². The highest BCUT2D eigenvalue weighted by molar-refractivity contribution is 5.85. The average Bonchev–Trinajstić information content (AvgIpc) is 2.58. The Bertz CT molecular complexity index is 475. The smallest absolute Gasteiger partial charge is 0.236 e. The molecule has 0 atom stereocenters. The third-order valence-electron chi connectivity index (χ3n) is 4.54. The van der Waals surface area contributed by atoms with Crippen LogP contribution >= 0.6 is 24.8 Å². The Morgan fingerprint density at radius 2 is 1.46 bits per heavy atom. The van der Waals surface area contributed by atoms with Gasteiger partial charge in [-0.25, -0.2) is 0 Å². The molecule has 0 spiro atoms. The van der Waals surface area contributed by atoms with Gasteiger partial charge in [0.1, 0.15) is 0 Å². The van der Waals surface area contributed by atoms with E-state index in [1.165, 1.54) is 5.56 Å². The highest BCUT2D eigenvalue weighted by Gasteiger charge is 2.22. The van der Waals surface area contributed by atoms with E-state index in [-0.39, 0.29) is 30.7 Å². The quantitative estimate of drug-likeness (QED) is 0.855. The summed E-state index contributed by atoms with van der Waals surface area (Å²) >= 11 is 0. The van der Waals surface area contributed by atoms with Crippen molar-refractivity contribution in [3.05, 3.63) is 35.9 Å². The van der Waals surface area contributed by atoms with Crippen LogP contribution in [-0.2, 0) is 11.3 Å². The first-order valence-corrected chi connectivity index (χ1v) is 8.28. The molecule has 5 nitrogen and oxygen atoms in total. The van der Waals surface area contributed by atoms with Gasteiger partial charge in [0.2, 0.25) is 5.91 Å². The molecular weight excluding hydrogens is 347 g/mol. The second-order valence-electron chi connectivity index (χ2n) is 6.17. The summed E-state index contributed by atoms with van der Waals surface area (Å²) in [5.74, 6) is 0.290. The lowest BCUT2D eigenvalue weighted by molar-refractivity contribution is -0.133. The molecule has 0 bridgehead atoms. The highest BCUT2D eigenvalue weighted by atomic mass is 35.5. The number of piperazine rings is 2. The molecule has 24 heavy (non-hydrogen) atoms. The predicted molar refractivity (Wildman–Crippen MR) is 102 cm³/mol. The van der Waals surface area contributed by atoms with Gasteiger partial charge in [-0.15, -0.1) is 24.8 Å². The number of nitrogens with one attached hydrogen (secondary N) is 1. The van der Waals surface area contributed by atoms with Gasteiger partial charge < -0.3 is 10.2 Å². The fourth-order valence-corrected chi connectivity index (χ4v) is 3.15. The van der Waals surface area contributed by atoms with Gasteiger partial charge in [-0.05, 0) is 5.56 Å². The Kier molecular flexibility index (Phi) is 9.63. The second-order valence-corrected chi connectivity index (χ2v) is 6.17. The summed E-state index contributed by atoms with van der Waals surface area (Å²) in [6.07, 6.45) is 0. The van der Waals surface area contributed by atoms with Gasteiger partial charge in [0, 0.05) is 58.9 Å². The van der Waals surface area contributed by atoms with Crippen molar-refractivity contribution in [3.8, 4) is 0 Å². The molecule has 7 heteroatoms. The summed E-state index contributed by atoms with van der Waals surface area (Å²) in [6.45, 7) is 9.23. The number of halogens is 2. The highest BCUT2D eigenvalue weighted by Crippen LogP contribution is 2.08. The van der Waals surface area contributed by atoms with Crippen LogP contribution in [0.3, 0.4) is 0 Å². The van der Waals surface area contributed by atoms with Crippen LogP contribution in [0.4, 0.5) is 0 Å². The van der Waals surface area contributed by atoms with Crippen LogP contribution in [0.15, 0.2) is 30.3 Å². The van der Waals surface area contributed by atoms with Crippen LogP contribution in [0.25, 0.3) is 0 Å². The Hall–Kier alpha value is -0.850. The van der Waals surface area contributed by atoms with Gasteiger partial charge in [-0.1, -0.05) is 30.3 Å². The first-order valence-electron chi connectivity index (χ1n) is 8.28. The molecule has 2 aliphatic rings. The number of amides is 1. The molecule has 0 saturated carbocycles. The van der Waals surface area contributed by atoms with E-state index >= 15 is 0 Å². The summed E-state index contributed by atoms with van der Waals surface area (Å²) < 4.78 is 0. The van der Waals surface area contributed by atoms with E-state index in [9.17, 15) is 4.79 Å². The largest absolute Gasteiger partial charge is 0.339 e. The van der Waals surface area contributed by atoms with Gasteiger partial charge in [-0.2, -0.15) is 0 Å². The fourth-order valence-electron chi connectivity index (χ4n) is 3.15. The van der Waals surface area contributed by atoms with E-state index in [0.29, 0.717) is 6.54 Å². The Morgan fingerprint density at radius 3 is 2.08 bits per heavy atom. The lowest BCUT2D eigenvalue weighted by atomic mass is 10.2. The molecule has 1 N–H and O–H groups in total. The molecule has 136 valence electrons. The first-order chi connectivity index (χ1) is 10.8. The molecule has 2 heterocycles. The molecule has 0 aliphatic carbocycles. The molecule has 2 aliphatic heterocycles. The number of rotatable bonds is 4. The summed E-state index contributed by atoms with van der Waals surface area (Å²) in [5, 5.41) is 3.29. The van der Waals surface area contributed by atoms with Crippen molar-refractivity contribution in [3.63, 3.8) is 0 Å². The third-order valence-corrected chi connectivity index (χ3v) is 4.54. The lowest BCUT2D eigenvalue weighted by Gasteiger charge is -2.36. The molecule has 0 radical (unpaired) electrons. The summed E-state index contributed by atoms with van der Waals surface area (Å²) in [5.41, 5.74) is 1.37. The van der Waals surface area contributed by atoms with E-state index in [2.05, 4.69) is 45.4 Å².